The average molecular weight is 363 g/mol. The lowest BCUT2D eigenvalue weighted by Gasteiger charge is -2.31. The second-order valence-corrected chi connectivity index (χ2v) is 7.44. The standard InChI is InChI=1S/C22H25N3O2/c1-16-7-5-12-25(13-16)22(26)19-9-3-4-10-20(19)27-15-18-14-24-11-6-8-17(2)21(24)23-18/h3-4,6,8-11,14,16H,5,7,12-13,15H2,1-2H3. The lowest BCUT2D eigenvalue weighted by Crippen LogP contribution is -2.39. The maximum atomic E-state index is 13.0. The Morgan fingerprint density at radius 3 is 2.93 bits per heavy atom. The predicted molar refractivity (Wildman–Crippen MR) is 105 cm³/mol. The normalized spacial score (nSPS) is 17.3. The number of aryl methyl sites for hydroxylation is 1. The van der Waals surface area contributed by atoms with E-state index >= 15 is 0 Å². The van der Waals surface area contributed by atoms with Gasteiger partial charge in [0.05, 0.1) is 11.3 Å². The molecule has 4 rings (SSSR count). The molecule has 0 radical (unpaired) electrons. The van der Waals surface area contributed by atoms with Gasteiger partial charge in [0.25, 0.3) is 5.91 Å². The molecule has 1 aromatic carbocycles. The van der Waals surface area contributed by atoms with Crippen molar-refractivity contribution in [2.45, 2.75) is 33.3 Å². The third-order valence-electron chi connectivity index (χ3n) is 5.17. The van der Waals surface area contributed by atoms with Crippen molar-refractivity contribution in [3.8, 4) is 5.75 Å². The molecule has 5 heteroatoms. The third kappa shape index (κ3) is 3.68. The van der Waals surface area contributed by atoms with E-state index in [0.717, 1.165) is 36.4 Å². The minimum absolute atomic E-state index is 0.0583. The lowest BCUT2D eigenvalue weighted by atomic mass is 9.99. The number of likely N-dealkylation sites (tertiary alicyclic amines) is 1. The van der Waals surface area contributed by atoms with Gasteiger partial charge in [0, 0.05) is 25.5 Å². The van der Waals surface area contributed by atoms with Gasteiger partial charge in [-0.2, -0.15) is 0 Å². The molecule has 3 heterocycles. The van der Waals surface area contributed by atoms with Crippen LogP contribution >= 0.6 is 0 Å². The van der Waals surface area contributed by atoms with Crippen molar-refractivity contribution in [2.75, 3.05) is 13.1 Å². The SMILES string of the molecule is Cc1cccn2cc(COc3ccccc3C(=O)N3CCCC(C)C3)nc12. The van der Waals surface area contributed by atoms with Gasteiger partial charge in [-0.05, 0) is 49.4 Å². The fourth-order valence-corrected chi connectivity index (χ4v) is 3.74. The highest BCUT2D eigenvalue weighted by Crippen LogP contribution is 2.24. The molecule has 2 aromatic heterocycles. The van der Waals surface area contributed by atoms with Gasteiger partial charge in [0.2, 0.25) is 0 Å². The first kappa shape index (κ1) is 17.6. The Labute approximate surface area is 159 Å². The Kier molecular flexibility index (Phi) is 4.84. The number of hydrogen-bond donors (Lipinski definition) is 0. The Balaban J connectivity index is 1.52. The number of amides is 1. The lowest BCUT2D eigenvalue weighted by molar-refractivity contribution is 0.0678. The summed E-state index contributed by atoms with van der Waals surface area (Å²) in [5.74, 6) is 1.23. The number of nitrogens with zero attached hydrogens (tertiary/aromatic N) is 3. The average Bonchev–Trinajstić information content (AvgIpc) is 3.11. The van der Waals surface area contributed by atoms with E-state index in [2.05, 4.69) is 11.9 Å². The van der Waals surface area contributed by atoms with Crippen LogP contribution in [0.15, 0.2) is 48.8 Å². The van der Waals surface area contributed by atoms with Gasteiger partial charge in [-0.25, -0.2) is 4.98 Å². The molecule has 0 aliphatic carbocycles. The van der Waals surface area contributed by atoms with Crippen LogP contribution in [0.25, 0.3) is 5.65 Å². The molecule has 0 bridgehead atoms. The molecule has 1 fully saturated rings. The van der Waals surface area contributed by atoms with Crippen LogP contribution in [0.5, 0.6) is 5.75 Å². The van der Waals surface area contributed by atoms with Crippen molar-refractivity contribution >= 4 is 11.6 Å². The Morgan fingerprint density at radius 2 is 2.11 bits per heavy atom. The van der Waals surface area contributed by atoms with Crippen molar-refractivity contribution in [1.82, 2.24) is 14.3 Å². The summed E-state index contributed by atoms with van der Waals surface area (Å²) in [6, 6.07) is 11.6. The molecule has 27 heavy (non-hydrogen) atoms. The van der Waals surface area contributed by atoms with Crippen molar-refractivity contribution in [3.05, 3.63) is 65.6 Å². The van der Waals surface area contributed by atoms with Crippen LogP contribution in [0.1, 0.15) is 41.4 Å². The summed E-state index contributed by atoms with van der Waals surface area (Å²) >= 11 is 0. The van der Waals surface area contributed by atoms with Gasteiger partial charge in [-0.1, -0.05) is 25.1 Å². The molecule has 3 aromatic rings. The zero-order valence-corrected chi connectivity index (χ0v) is 15.9. The zero-order chi connectivity index (χ0) is 18.8. The van der Waals surface area contributed by atoms with Crippen LogP contribution < -0.4 is 4.74 Å². The summed E-state index contributed by atoms with van der Waals surface area (Å²) in [7, 11) is 0. The summed E-state index contributed by atoms with van der Waals surface area (Å²) < 4.78 is 8.01. The van der Waals surface area contributed by atoms with E-state index in [4.69, 9.17) is 4.74 Å². The Hall–Kier alpha value is -2.82. The molecule has 1 amide bonds. The van der Waals surface area contributed by atoms with E-state index in [-0.39, 0.29) is 5.91 Å². The van der Waals surface area contributed by atoms with E-state index in [1.165, 1.54) is 6.42 Å². The Morgan fingerprint density at radius 1 is 1.26 bits per heavy atom. The largest absolute Gasteiger partial charge is 0.486 e. The minimum Gasteiger partial charge on any atom is -0.486 e. The maximum Gasteiger partial charge on any atom is 0.257 e. The first-order chi connectivity index (χ1) is 13.1. The van der Waals surface area contributed by atoms with Gasteiger partial charge in [-0.3, -0.25) is 4.79 Å². The molecule has 140 valence electrons. The third-order valence-corrected chi connectivity index (χ3v) is 5.17. The van der Waals surface area contributed by atoms with E-state index in [9.17, 15) is 4.79 Å². The summed E-state index contributed by atoms with van der Waals surface area (Å²) in [5.41, 5.74) is 3.53. The molecule has 1 aliphatic rings. The number of ether oxygens (including phenoxy) is 1. The van der Waals surface area contributed by atoms with E-state index in [1.54, 1.807) is 0 Å². The summed E-state index contributed by atoms with van der Waals surface area (Å²) in [6.45, 7) is 6.22. The number of carbonyl (C=O) groups is 1. The number of carbonyl (C=O) groups excluding carboxylic acids is 1. The van der Waals surface area contributed by atoms with E-state index in [0.29, 0.717) is 23.8 Å². The summed E-state index contributed by atoms with van der Waals surface area (Å²) in [5, 5.41) is 0. The molecule has 1 unspecified atom stereocenters. The van der Waals surface area contributed by atoms with Crippen LogP contribution in [0.2, 0.25) is 0 Å². The number of para-hydroxylation sites is 1. The van der Waals surface area contributed by atoms with Crippen LogP contribution in [-0.4, -0.2) is 33.3 Å². The van der Waals surface area contributed by atoms with Crippen LogP contribution in [-0.2, 0) is 6.61 Å². The number of rotatable bonds is 4. The number of imidazole rings is 1. The monoisotopic (exact) mass is 363 g/mol. The van der Waals surface area contributed by atoms with Crippen LogP contribution in [0.3, 0.4) is 0 Å². The second kappa shape index (κ2) is 7.43. The van der Waals surface area contributed by atoms with Crippen molar-refractivity contribution in [3.63, 3.8) is 0 Å². The zero-order valence-electron chi connectivity index (χ0n) is 15.9. The first-order valence-electron chi connectivity index (χ1n) is 9.56. The number of benzene rings is 1. The highest BCUT2D eigenvalue weighted by atomic mass is 16.5. The van der Waals surface area contributed by atoms with E-state index < -0.39 is 0 Å². The highest BCUT2D eigenvalue weighted by molar-refractivity contribution is 5.97. The minimum atomic E-state index is 0.0583. The molecule has 1 saturated heterocycles. The maximum absolute atomic E-state index is 13.0. The van der Waals surface area contributed by atoms with Gasteiger partial charge in [0.1, 0.15) is 18.0 Å². The van der Waals surface area contributed by atoms with Crippen molar-refractivity contribution in [1.29, 1.82) is 0 Å². The summed E-state index contributed by atoms with van der Waals surface area (Å²) in [4.78, 5) is 19.6. The first-order valence-corrected chi connectivity index (χ1v) is 9.56. The number of aromatic nitrogens is 2. The number of fused-ring (bicyclic) bond motifs is 1. The quantitative estimate of drug-likeness (QED) is 0.701. The highest BCUT2D eigenvalue weighted by Gasteiger charge is 2.24. The molecule has 1 atom stereocenters. The Bertz CT molecular complexity index is 963. The summed E-state index contributed by atoms with van der Waals surface area (Å²) in [6.07, 6.45) is 6.21. The van der Waals surface area contributed by atoms with Gasteiger partial charge < -0.3 is 14.0 Å². The molecule has 5 nitrogen and oxygen atoms in total. The second-order valence-electron chi connectivity index (χ2n) is 7.44. The fourth-order valence-electron chi connectivity index (χ4n) is 3.74. The van der Waals surface area contributed by atoms with Gasteiger partial charge in [0.15, 0.2) is 0 Å². The molecule has 1 aliphatic heterocycles. The predicted octanol–water partition coefficient (Wildman–Crippen LogP) is 4.09. The smallest absolute Gasteiger partial charge is 0.257 e. The molecule has 0 spiro atoms. The van der Waals surface area contributed by atoms with Gasteiger partial charge >= 0.3 is 0 Å². The molecule has 0 N–H and O–H groups in total. The topological polar surface area (TPSA) is 46.8 Å². The van der Waals surface area contributed by atoms with Crippen LogP contribution in [0.4, 0.5) is 0 Å². The molecule has 0 saturated carbocycles. The number of piperidine rings is 1. The molecular formula is C22H25N3O2. The van der Waals surface area contributed by atoms with Crippen molar-refractivity contribution < 1.29 is 9.53 Å². The number of hydrogen-bond acceptors (Lipinski definition) is 3. The number of pyridine rings is 1. The van der Waals surface area contributed by atoms with Crippen molar-refractivity contribution in [2.24, 2.45) is 5.92 Å². The van der Waals surface area contributed by atoms with Crippen LogP contribution in [0, 0.1) is 12.8 Å². The fraction of sp³-hybridized carbons (Fsp3) is 0.364. The van der Waals surface area contributed by atoms with Gasteiger partial charge in [-0.15, -0.1) is 0 Å². The molecular weight excluding hydrogens is 338 g/mol. The van der Waals surface area contributed by atoms with E-state index in [1.807, 2.05) is 65.0 Å².